The SMILES string of the molecule is CCc1nc(COc2ccc(Br)cc2CCN)no1. The highest BCUT2D eigenvalue weighted by Crippen LogP contribution is 2.24. The van der Waals surface area contributed by atoms with Crippen molar-refractivity contribution in [2.24, 2.45) is 5.73 Å². The van der Waals surface area contributed by atoms with E-state index in [1.54, 1.807) is 0 Å². The van der Waals surface area contributed by atoms with Crippen LogP contribution in [0.5, 0.6) is 5.75 Å². The van der Waals surface area contributed by atoms with Gasteiger partial charge >= 0.3 is 0 Å². The summed E-state index contributed by atoms with van der Waals surface area (Å²) in [5, 5.41) is 3.85. The molecule has 6 heteroatoms. The quantitative estimate of drug-likeness (QED) is 0.883. The zero-order valence-corrected chi connectivity index (χ0v) is 12.3. The summed E-state index contributed by atoms with van der Waals surface area (Å²) in [6, 6.07) is 5.86. The lowest BCUT2D eigenvalue weighted by molar-refractivity contribution is 0.282. The first-order valence-corrected chi connectivity index (χ1v) is 6.95. The molecule has 5 nitrogen and oxygen atoms in total. The third-order valence-corrected chi connectivity index (χ3v) is 3.10. The van der Waals surface area contributed by atoms with Crippen molar-refractivity contribution in [3.05, 3.63) is 40.0 Å². The van der Waals surface area contributed by atoms with E-state index in [1.807, 2.05) is 25.1 Å². The van der Waals surface area contributed by atoms with Gasteiger partial charge in [-0.05, 0) is 36.7 Å². The minimum Gasteiger partial charge on any atom is -0.485 e. The van der Waals surface area contributed by atoms with Crippen LogP contribution in [-0.2, 0) is 19.4 Å². The predicted molar refractivity (Wildman–Crippen MR) is 74.9 cm³/mol. The average Bonchev–Trinajstić information content (AvgIpc) is 2.86. The van der Waals surface area contributed by atoms with Crippen LogP contribution in [0.15, 0.2) is 27.2 Å². The van der Waals surface area contributed by atoms with Crippen molar-refractivity contribution in [2.45, 2.75) is 26.4 Å². The van der Waals surface area contributed by atoms with Crippen molar-refractivity contribution in [3.63, 3.8) is 0 Å². The van der Waals surface area contributed by atoms with Crippen molar-refractivity contribution >= 4 is 15.9 Å². The van der Waals surface area contributed by atoms with E-state index in [2.05, 4.69) is 26.1 Å². The normalized spacial score (nSPS) is 10.7. The van der Waals surface area contributed by atoms with E-state index < -0.39 is 0 Å². The lowest BCUT2D eigenvalue weighted by Gasteiger charge is -2.09. The molecule has 1 aromatic heterocycles. The van der Waals surface area contributed by atoms with Crippen molar-refractivity contribution in [3.8, 4) is 5.75 Å². The lowest BCUT2D eigenvalue weighted by Crippen LogP contribution is -2.06. The molecular weight excluding hydrogens is 310 g/mol. The Morgan fingerprint density at radius 1 is 1.42 bits per heavy atom. The summed E-state index contributed by atoms with van der Waals surface area (Å²) in [6.07, 6.45) is 1.49. The average molecular weight is 326 g/mol. The Kier molecular flexibility index (Phi) is 4.93. The molecule has 0 bridgehead atoms. The van der Waals surface area contributed by atoms with Crippen molar-refractivity contribution < 1.29 is 9.26 Å². The molecule has 0 unspecified atom stereocenters. The van der Waals surface area contributed by atoms with Crippen LogP contribution in [-0.4, -0.2) is 16.7 Å². The second-order valence-electron chi connectivity index (χ2n) is 4.04. The standard InChI is InChI=1S/C13H16BrN3O2/c1-2-13-16-12(17-19-13)8-18-11-4-3-10(14)7-9(11)5-6-15/h3-4,7H,2,5-6,8,15H2,1H3. The Balaban J connectivity index is 2.05. The molecule has 0 spiro atoms. The molecule has 0 aliphatic carbocycles. The third-order valence-electron chi connectivity index (χ3n) is 2.61. The maximum Gasteiger partial charge on any atom is 0.226 e. The smallest absolute Gasteiger partial charge is 0.226 e. The van der Waals surface area contributed by atoms with Gasteiger partial charge < -0.3 is 15.0 Å². The molecule has 19 heavy (non-hydrogen) atoms. The molecule has 1 aromatic carbocycles. The second kappa shape index (κ2) is 6.68. The molecule has 2 aromatic rings. The summed E-state index contributed by atoms with van der Waals surface area (Å²) in [6.45, 7) is 2.84. The highest BCUT2D eigenvalue weighted by Gasteiger charge is 2.08. The molecule has 0 aliphatic heterocycles. The van der Waals surface area contributed by atoms with E-state index in [0.717, 1.165) is 28.6 Å². The van der Waals surface area contributed by atoms with Gasteiger partial charge in [0, 0.05) is 10.9 Å². The molecule has 2 N–H and O–H groups in total. The number of rotatable bonds is 6. The first-order valence-electron chi connectivity index (χ1n) is 6.15. The Morgan fingerprint density at radius 2 is 2.26 bits per heavy atom. The first-order chi connectivity index (χ1) is 9.22. The minimum atomic E-state index is 0.294. The Labute approximate surface area is 120 Å². The fraction of sp³-hybridized carbons (Fsp3) is 0.385. The molecule has 0 amide bonds. The van der Waals surface area contributed by atoms with Gasteiger partial charge in [0.25, 0.3) is 0 Å². The number of ether oxygens (including phenoxy) is 1. The van der Waals surface area contributed by atoms with Gasteiger partial charge in [0.2, 0.25) is 11.7 Å². The minimum absolute atomic E-state index is 0.294. The monoisotopic (exact) mass is 325 g/mol. The van der Waals surface area contributed by atoms with Crippen LogP contribution in [0.25, 0.3) is 0 Å². The zero-order chi connectivity index (χ0) is 13.7. The summed E-state index contributed by atoms with van der Waals surface area (Å²) in [4.78, 5) is 4.20. The molecular formula is C13H16BrN3O2. The molecule has 0 radical (unpaired) electrons. The van der Waals surface area contributed by atoms with Crippen LogP contribution >= 0.6 is 15.9 Å². The number of nitrogens with zero attached hydrogens (tertiary/aromatic N) is 2. The van der Waals surface area contributed by atoms with Crippen LogP contribution in [0.4, 0.5) is 0 Å². The Bertz CT molecular complexity index is 542. The summed E-state index contributed by atoms with van der Waals surface area (Å²) in [5.41, 5.74) is 6.66. The van der Waals surface area contributed by atoms with Gasteiger partial charge in [0.15, 0.2) is 6.61 Å². The van der Waals surface area contributed by atoms with E-state index >= 15 is 0 Å². The summed E-state index contributed by atoms with van der Waals surface area (Å²) in [7, 11) is 0. The second-order valence-corrected chi connectivity index (χ2v) is 4.95. The van der Waals surface area contributed by atoms with E-state index in [0.29, 0.717) is 24.9 Å². The number of aromatic nitrogens is 2. The van der Waals surface area contributed by atoms with Crippen LogP contribution in [0.1, 0.15) is 24.2 Å². The fourth-order valence-corrected chi connectivity index (χ4v) is 2.08. The number of aryl methyl sites for hydroxylation is 1. The fourth-order valence-electron chi connectivity index (χ4n) is 1.67. The molecule has 0 saturated carbocycles. The van der Waals surface area contributed by atoms with E-state index in [4.69, 9.17) is 15.0 Å². The Morgan fingerprint density at radius 3 is 2.95 bits per heavy atom. The summed E-state index contributed by atoms with van der Waals surface area (Å²) in [5.74, 6) is 1.98. The molecule has 0 fully saturated rings. The molecule has 2 rings (SSSR count). The number of hydrogen-bond donors (Lipinski definition) is 1. The topological polar surface area (TPSA) is 74.2 Å². The largest absolute Gasteiger partial charge is 0.485 e. The number of halogens is 1. The van der Waals surface area contributed by atoms with Crippen molar-refractivity contribution in [2.75, 3.05) is 6.54 Å². The number of hydrogen-bond acceptors (Lipinski definition) is 5. The van der Waals surface area contributed by atoms with Crippen molar-refractivity contribution in [1.82, 2.24) is 10.1 Å². The van der Waals surface area contributed by atoms with Crippen LogP contribution < -0.4 is 10.5 Å². The molecule has 102 valence electrons. The van der Waals surface area contributed by atoms with Crippen LogP contribution in [0.2, 0.25) is 0 Å². The van der Waals surface area contributed by atoms with Gasteiger partial charge in [-0.25, -0.2) is 0 Å². The maximum atomic E-state index is 5.73. The molecule has 1 heterocycles. The van der Waals surface area contributed by atoms with Gasteiger partial charge in [-0.15, -0.1) is 0 Å². The van der Waals surface area contributed by atoms with Gasteiger partial charge in [0.1, 0.15) is 5.75 Å². The highest BCUT2D eigenvalue weighted by atomic mass is 79.9. The summed E-state index contributed by atoms with van der Waals surface area (Å²) >= 11 is 3.44. The first kappa shape index (κ1) is 14.0. The van der Waals surface area contributed by atoms with Gasteiger partial charge in [-0.2, -0.15) is 4.98 Å². The molecule has 0 aliphatic rings. The van der Waals surface area contributed by atoms with Gasteiger partial charge in [-0.1, -0.05) is 28.0 Å². The van der Waals surface area contributed by atoms with Gasteiger partial charge in [0.05, 0.1) is 0 Å². The van der Waals surface area contributed by atoms with Gasteiger partial charge in [-0.3, -0.25) is 0 Å². The number of benzene rings is 1. The lowest BCUT2D eigenvalue weighted by atomic mass is 10.1. The maximum absolute atomic E-state index is 5.73. The Hall–Kier alpha value is -1.40. The van der Waals surface area contributed by atoms with E-state index in [1.165, 1.54) is 0 Å². The number of nitrogens with two attached hydrogens (primary N) is 1. The molecule has 0 saturated heterocycles. The summed E-state index contributed by atoms with van der Waals surface area (Å²) < 4.78 is 11.8. The third kappa shape index (κ3) is 3.78. The van der Waals surface area contributed by atoms with Crippen LogP contribution in [0, 0.1) is 0 Å². The van der Waals surface area contributed by atoms with E-state index in [-0.39, 0.29) is 0 Å². The zero-order valence-electron chi connectivity index (χ0n) is 10.7. The van der Waals surface area contributed by atoms with E-state index in [9.17, 15) is 0 Å². The predicted octanol–water partition coefficient (Wildman–Crippen LogP) is 2.47. The molecule has 0 atom stereocenters. The van der Waals surface area contributed by atoms with Crippen molar-refractivity contribution in [1.29, 1.82) is 0 Å². The van der Waals surface area contributed by atoms with Crippen LogP contribution in [0.3, 0.4) is 0 Å². The highest BCUT2D eigenvalue weighted by molar-refractivity contribution is 9.10.